The number of rotatable bonds is 11. The van der Waals surface area contributed by atoms with E-state index in [1.54, 1.807) is 6.92 Å². The molecule has 0 aliphatic carbocycles. The maximum Gasteiger partial charge on any atom is 0.328 e. The van der Waals surface area contributed by atoms with Crippen LogP contribution in [0.4, 0.5) is 11.4 Å². The van der Waals surface area contributed by atoms with Crippen molar-refractivity contribution >= 4 is 47.1 Å². The summed E-state index contributed by atoms with van der Waals surface area (Å²) in [6.07, 6.45) is 5.41. The number of carbonyl (C=O) groups excluding carboxylic acids is 4. The van der Waals surface area contributed by atoms with Gasteiger partial charge in [0, 0.05) is 47.6 Å². The van der Waals surface area contributed by atoms with Gasteiger partial charge >= 0.3 is 5.97 Å². The molecule has 0 spiro atoms. The van der Waals surface area contributed by atoms with Crippen molar-refractivity contribution < 1.29 is 33.8 Å². The molecule has 2 aromatic rings. The first kappa shape index (κ1) is 33.0. The fourth-order valence-corrected chi connectivity index (χ4v) is 4.38. The zero-order valence-electron chi connectivity index (χ0n) is 24.4. The number of nitro groups is 2. The van der Waals surface area contributed by atoms with Gasteiger partial charge in [0.25, 0.3) is 11.4 Å². The van der Waals surface area contributed by atoms with Crippen LogP contribution in [0.5, 0.6) is 0 Å². The van der Waals surface area contributed by atoms with Gasteiger partial charge in [0.1, 0.15) is 6.04 Å². The predicted molar refractivity (Wildman–Crippen MR) is 161 cm³/mol. The van der Waals surface area contributed by atoms with Crippen LogP contribution in [0.15, 0.2) is 71.8 Å². The third-order valence-corrected chi connectivity index (χ3v) is 6.48. The number of amides is 2. The van der Waals surface area contributed by atoms with E-state index in [9.17, 15) is 39.4 Å². The molecule has 1 fully saturated rings. The molecule has 230 valence electrons. The number of esters is 1. The number of non-ortho nitro benzene ring substituents is 2. The maximum absolute atomic E-state index is 13.4. The van der Waals surface area contributed by atoms with Crippen LogP contribution in [0.25, 0.3) is 12.2 Å². The molecule has 1 saturated heterocycles. The van der Waals surface area contributed by atoms with Crippen molar-refractivity contribution in [1.29, 1.82) is 0 Å². The molecule has 1 heterocycles. The summed E-state index contributed by atoms with van der Waals surface area (Å²) in [6, 6.07) is 10.2. The zero-order valence-corrected chi connectivity index (χ0v) is 24.4. The number of hydrogen-bond donors (Lipinski definition) is 1. The first-order chi connectivity index (χ1) is 20.9. The lowest BCUT2D eigenvalue weighted by Gasteiger charge is -2.29. The molecule has 0 unspecified atom stereocenters. The molecule has 13 nitrogen and oxygen atoms in total. The molecule has 3 rings (SSSR count). The predicted octanol–water partition coefficient (Wildman–Crippen LogP) is 4.03. The molecule has 1 N–H and O–H groups in total. The number of hydrogen-bond acceptors (Lipinski definition) is 9. The molecular formula is C31H32N4O9. The Morgan fingerprint density at radius 1 is 0.886 bits per heavy atom. The Bertz CT molecular complexity index is 1440. The van der Waals surface area contributed by atoms with Crippen LogP contribution in [0.1, 0.15) is 38.3 Å². The normalized spacial score (nSPS) is 15.9. The minimum absolute atomic E-state index is 0.0862. The fourth-order valence-electron chi connectivity index (χ4n) is 4.38. The van der Waals surface area contributed by atoms with Gasteiger partial charge in [0.05, 0.1) is 29.5 Å². The second-order valence-electron chi connectivity index (χ2n) is 10.3. The highest BCUT2D eigenvalue weighted by Gasteiger charge is 2.29. The molecule has 1 aliphatic rings. The molecule has 0 aromatic heterocycles. The molecule has 2 aromatic carbocycles. The number of nitro benzene ring substituents is 2. The molecule has 0 bridgehead atoms. The van der Waals surface area contributed by atoms with Crippen molar-refractivity contribution in [1.82, 2.24) is 10.2 Å². The Balaban J connectivity index is 1.88. The Hall–Kier alpha value is -5.46. The number of Topliss-reactive ketones (excluding diaryl/α,β-unsaturated/α-hetero) is 1. The van der Waals surface area contributed by atoms with Crippen LogP contribution < -0.4 is 5.32 Å². The van der Waals surface area contributed by atoms with E-state index >= 15 is 0 Å². The van der Waals surface area contributed by atoms with Gasteiger partial charge in [-0.15, -0.1) is 0 Å². The average molecular weight is 605 g/mol. The Morgan fingerprint density at radius 3 is 1.77 bits per heavy atom. The first-order valence-corrected chi connectivity index (χ1v) is 13.8. The quantitative estimate of drug-likeness (QED) is 0.171. The fraction of sp³-hybridized carbons (Fsp3) is 0.290. The second-order valence-corrected chi connectivity index (χ2v) is 10.3. The molecule has 2 amide bonds. The topological polar surface area (TPSA) is 179 Å². The number of likely N-dealkylation sites (tertiary alicyclic amines) is 1. The SMILES string of the molecule is CCOC(=O)[C@H](CC(C)C)NC(=O)/C=C\C(=O)N1C/C(=C\c2ccc([N+](=O)[O-])cc2)C(=O)/C(=C/c2ccc([N+](=O)[O-])cc2)C1. The molecule has 13 heteroatoms. The number of nitrogens with one attached hydrogen (secondary N) is 1. The lowest BCUT2D eigenvalue weighted by Crippen LogP contribution is -2.42. The highest BCUT2D eigenvalue weighted by Crippen LogP contribution is 2.24. The largest absolute Gasteiger partial charge is 0.464 e. The summed E-state index contributed by atoms with van der Waals surface area (Å²) in [5.74, 6) is -2.13. The van der Waals surface area contributed by atoms with Gasteiger partial charge in [0.2, 0.25) is 11.8 Å². The van der Waals surface area contributed by atoms with Crippen molar-refractivity contribution in [3.63, 3.8) is 0 Å². The molecule has 44 heavy (non-hydrogen) atoms. The third-order valence-electron chi connectivity index (χ3n) is 6.48. The summed E-state index contributed by atoms with van der Waals surface area (Å²) in [5.41, 5.74) is 1.16. The number of nitrogens with zero attached hydrogens (tertiary/aromatic N) is 3. The van der Waals surface area contributed by atoms with E-state index in [0.29, 0.717) is 17.5 Å². The van der Waals surface area contributed by atoms with Crippen LogP contribution >= 0.6 is 0 Å². The van der Waals surface area contributed by atoms with Crippen LogP contribution in [0.3, 0.4) is 0 Å². The van der Waals surface area contributed by atoms with E-state index in [2.05, 4.69) is 5.32 Å². The third kappa shape index (κ3) is 9.28. The minimum Gasteiger partial charge on any atom is -0.464 e. The van der Waals surface area contributed by atoms with Gasteiger partial charge in [0.15, 0.2) is 5.78 Å². The Morgan fingerprint density at radius 2 is 1.36 bits per heavy atom. The first-order valence-electron chi connectivity index (χ1n) is 13.8. The molecule has 0 saturated carbocycles. The van der Waals surface area contributed by atoms with Crippen LogP contribution in [0.2, 0.25) is 0 Å². The monoisotopic (exact) mass is 604 g/mol. The summed E-state index contributed by atoms with van der Waals surface area (Å²) in [7, 11) is 0. The summed E-state index contributed by atoms with van der Waals surface area (Å²) >= 11 is 0. The lowest BCUT2D eigenvalue weighted by atomic mass is 9.94. The van der Waals surface area contributed by atoms with Gasteiger partial charge in [-0.1, -0.05) is 13.8 Å². The molecule has 1 atom stereocenters. The van der Waals surface area contributed by atoms with Gasteiger partial charge in [-0.2, -0.15) is 0 Å². The van der Waals surface area contributed by atoms with E-state index in [1.807, 2.05) is 13.8 Å². The summed E-state index contributed by atoms with van der Waals surface area (Å²) < 4.78 is 5.03. The van der Waals surface area contributed by atoms with Crippen molar-refractivity contribution in [2.45, 2.75) is 33.2 Å². The van der Waals surface area contributed by atoms with Gasteiger partial charge in [-0.25, -0.2) is 4.79 Å². The molecule has 1 aliphatic heterocycles. The van der Waals surface area contributed by atoms with Gasteiger partial charge in [-0.05, 0) is 66.8 Å². The zero-order chi connectivity index (χ0) is 32.4. The highest BCUT2D eigenvalue weighted by atomic mass is 16.6. The number of piperidine rings is 1. The van der Waals surface area contributed by atoms with E-state index < -0.39 is 33.7 Å². The van der Waals surface area contributed by atoms with Crippen LogP contribution in [-0.2, 0) is 23.9 Å². The second kappa shape index (κ2) is 15.1. The van der Waals surface area contributed by atoms with Gasteiger partial charge < -0.3 is 15.0 Å². The lowest BCUT2D eigenvalue weighted by molar-refractivity contribution is -0.385. The average Bonchev–Trinajstić information content (AvgIpc) is 2.98. The summed E-state index contributed by atoms with van der Waals surface area (Å²) in [5, 5.41) is 24.6. The number of carbonyl (C=O) groups is 4. The van der Waals surface area contributed by atoms with Crippen molar-refractivity contribution in [2.24, 2.45) is 5.92 Å². The van der Waals surface area contributed by atoms with Crippen LogP contribution in [-0.4, -0.2) is 64.1 Å². The van der Waals surface area contributed by atoms with Crippen molar-refractivity contribution in [3.8, 4) is 0 Å². The van der Waals surface area contributed by atoms with E-state index in [4.69, 9.17) is 4.74 Å². The van der Waals surface area contributed by atoms with Crippen LogP contribution in [0, 0.1) is 26.1 Å². The number of ether oxygens (including phenoxy) is 1. The molecular weight excluding hydrogens is 572 g/mol. The van der Waals surface area contributed by atoms with Crippen molar-refractivity contribution in [3.05, 3.63) is 103 Å². The Kier molecular flexibility index (Phi) is 11.4. The maximum atomic E-state index is 13.4. The molecule has 0 radical (unpaired) electrons. The van der Waals surface area contributed by atoms with E-state index in [-0.39, 0.29) is 53.9 Å². The van der Waals surface area contributed by atoms with Crippen molar-refractivity contribution in [2.75, 3.05) is 19.7 Å². The number of benzene rings is 2. The number of ketones is 1. The van der Waals surface area contributed by atoms with E-state index in [0.717, 1.165) is 12.2 Å². The van der Waals surface area contributed by atoms with Gasteiger partial charge in [-0.3, -0.25) is 34.6 Å². The summed E-state index contributed by atoms with van der Waals surface area (Å²) in [6.45, 7) is 5.35. The summed E-state index contributed by atoms with van der Waals surface area (Å²) in [4.78, 5) is 73.7. The smallest absolute Gasteiger partial charge is 0.328 e. The highest BCUT2D eigenvalue weighted by molar-refractivity contribution is 6.15. The Labute approximate surface area is 253 Å². The van der Waals surface area contributed by atoms with E-state index in [1.165, 1.54) is 65.6 Å². The standard InChI is InChI=1S/C31H32N4O9/c1-4-44-31(39)27(15-20(2)3)32-28(36)13-14-29(37)33-18-23(16-21-5-9-25(10-6-21)34(40)41)30(38)24(19-33)17-22-7-11-26(12-8-22)35(42)43/h5-14,16-17,20,27H,4,15,18-19H2,1-3H3,(H,32,36)/b14-13-,23-16+,24-17+/t27-/m0/s1. The minimum atomic E-state index is -0.887.